The highest BCUT2D eigenvalue weighted by molar-refractivity contribution is 7.89. The highest BCUT2D eigenvalue weighted by Crippen LogP contribution is 2.27. The molecule has 0 saturated carbocycles. The number of carbonyl (C=O) groups excluding carboxylic acids is 2. The summed E-state index contributed by atoms with van der Waals surface area (Å²) in [6.07, 6.45) is 0.0492. The zero-order valence-electron chi connectivity index (χ0n) is 19.1. The van der Waals surface area contributed by atoms with Gasteiger partial charge in [-0.05, 0) is 49.2 Å². The summed E-state index contributed by atoms with van der Waals surface area (Å²) in [6, 6.07) is 8.81. The summed E-state index contributed by atoms with van der Waals surface area (Å²) in [7, 11) is 2.26. The maximum atomic E-state index is 12.6. The van der Waals surface area contributed by atoms with Crippen LogP contribution in [-0.4, -0.2) is 58.9 Å². The molecule has 0 saturated heterocycles. The van der Waals surface area contributed by atoms with Crippen LogP contribution in [0.3, 0.4) is 0 Å². The monoisotopic (exact) mass is 463 g/mol. The average molecular weight is 464 g/mol. The third-order valence-corrected chi connectivity index (χ3v) is 6.64. The number of rotatable bonds is 9. The first-order valence-corrected chi connectivity index (χ1v) is 11.3. The van der Waals surface area contributed by atoms with Crippen molar-refractivity contribution in [2.75, 3.05) is 33.6 Å². The van der Waals surface area contributed by atoms with Crippen molar-refractivity contribution in [1.82, 2.24) is 9.62 Å². The van der Waals surface area contributed by atoms with Gasteiger partial charge in [-0.15, -0.1) is 0 Å². The molecule has 0 aliphatic rings. The summed E-state index contributed by atoms with van der Waals surface area (Å²) >= 11 is 0. The molecule has 2 rings (SSSR count). The number of ether oxygens (including phenoxy) is 2. The quantitative estimate of drug-likeness (QED) is 0.588. The average Bonchev–Trinajstić information content (AvgIpc) is 2.74. The molecule has 0 aromatic heterocycles. The number of hydrogen-bond donors (Lipinski definition) is 2. The van der Waals surface area contributed by atoms with Crippen LogP contribution >= 0.6 is 0 Å². The minimum atomic E-state index is -3.64. The number of anilines is 1. The van der Waals surface area contributed by atoms with E-state index in [1.54, 1.807) is 38.1 Å². The lowest BCUT2D eigenvalue weighted by Gasteiger charge is -2.17. The zero-order chi connectivity index (χ0) is 24.1. The molecule has 0 bridgehead atoms. The number of sulfonamides is 1. The van der Waals surface area contributed by atoms with Gasteiger partial charge in [-0.25, -0.2) is 12.7 Å². The zero-order valence-corrected chi connectivity index (χ0v) is 19.9. The molecule has 0 unspecified atom stereocenters. The largest absolute Gasteiger partial charge is 0.493 e. The van der Waals surface area contributed by atoms with E-state index in [1.165, 1.54) is 40.4 Å². The molecule has 0 heterocycles. The third-order valence-electron chi connectivity index (χ3n) is 4.83. The Hall–Kier alpha value is -3.11. The van der Waals surface area contributed by atoms with Crippen LogP contribution < -0.4 is 20.1 Å². The lowest BCUT2D eigenvalue weighted by molar-refractivity contribution is -0.125. The van der Waals surface area contributed by atoms with Crippen LogP contribution in [-0.2, 0) is 26.0 Å². The van der Waals surface area contributed by atoms with Crippen LogP contribution in [0.4, 0.5) is 5.69 Å². The molecule has 174 valence electrons. The van der Waals surface area contributed by atoms with Gasteiger partial charge in [0.1, 0.15) is 6.04 Å². The second-order valence-corrected chi connectivity index (χ2v) is 9.56. The molecular formula is C22H29N3O6S. The van der Waals surface area contributed by atoms with Gasteiger partial charge >= 0.3 is 0 Å². The lowest BCUT2D eigenvalue weighted by Crippen LogP contribution is -2.42. The Labute approximate surface area is 188 Å². The first kappa shape index (κ1) is 25.2. The van der Waals surface area contributed by atoms with E-state index >= 15 is 0 Å². The van der Waals surface area contributed by atoms with Crippen LogP contribution in [0.25, 0.3) is 0 Å². The Morgan fingerprint density at radius 1 is 1.03 bits per heavy atom. The standard InChI is InChI=1S/C22H29N3O6S/c1-14-7-9-17(32(28,29)25(3)4)13-18(14)24-22(27)15(2)23-21(26)12-16-8-10-19(30-5)20(11-16)31-6/h7-11,13,15H,12H2,1-6H3,(H,23,26)(H,24,27)/t15-/m0/s1. The Morgan fingerprint density at radius 2 is 1.69 bits per heavy atom. The molecule has 9 nitrogen and oxygen atoms in total. The maximum absolute atomic E-state index is 12.6. The smallest absolute Gasteiger partial charge is 0.246 e. The fraction of sp³-hybridized carbons (Fsp3) is 0.364. The Bertz CT molecular complexity index is 1100. The van der Waals surface area contributed by atoms with Gasteiger partial charge in [-0.3, -0.25) is 9.59 Å². The van der Waals surface area contributed by atoms with Gasteiger partial charge in [0, 0.05) is 19.8 Å². The fourth-order valence-electron chi connectivity index (χ4n) is 2.88. The fourth-order valence-corrected chi connectivity index (χ4v) is 3.81. The van der Waals surface area contributed by atoms with Crippen LogP contribution in [0.1, 0.15) is 18.1 Å². The highest BCUT2D eigenvalue weighted by atomic mass is 32.2. The van der Waals surface area contributed by atoms with E-state index in [4.69, 9.17) is 9.47 Å². The van der Waals surface area contributed by atoms with Crippen molar-refractivity contribution in [2.24, 2.45) is 0 Å². The van der Waals surface area contributed by atoms with Gasteiger partial charge in [0.25, 0.3) is 0 Å². The van der Waals surface area contributed by atoms with Gasteiger partial charge < -0.3 is 20.1 Å². The Kier molecular flexibility index (Phi) is 8.23. The molecule has 10 heteroatoms. The van der Waals surface area contributed by atoms with Crippen LogP contribution in [0, 0.1) is 6.92 Å². The number of nitrogens with one attached hydrogen (secondary N) is 2. The van der Waals surface area contributed by atoms with Gasteiger partial charge in [-0.2, -0.15) is 0 Å². The number of aryl methyl sites for hydroxylation is 1. The van der Waals surface area contributed by atoms with Gasteiger partial charge in [0.2, 0.25) is 21.8 Å². The number of carbonyl (C=O) groups is 2. The molecule has 1 atom stereocenters. The van der Waals surface area contributed by atoms with E-state index < -0.39 is 22.0 Å². The molecule has 2 aromatic carbocycles. The van der Waals surface area contributed by atoms with Crippen LogP contribution in [0.5, 0.6) is 11.5 Å². The van der Waals surface area contributed by atoms with Crippen molar-refractivity contribution in [3.63, 3.8) is 0 Å². The molecule has 32 heavy (non-hydrogen) atoms. The number of hydrogen-bond acceptors (Lipinski definition) is 6. The highest BCUT2D eigenvalue weighted by Gasteiger charge is 2.21. The lowest BCUT2D eigenvalue weighted by atomic mass is 10.1. The molecule has 2 amide bonds. The molecule has 0 radical (unpaired) electrons. The number of methoxy groups -OCH3 is 2. The molecule has 0 fully saturated rings. The number of nitrogens with zero attached hydrogens (tertiary/aromatic N) is 1. The Balaban J connectivity index is 2.06. The molecule has 0 spiro atoms. The third kappa shape index (κ3) is 5.98. The minimum absolute atomic E-state index is 0.0492. The van der Waals surface area contributed by atoms with Crippen LogP contribution in [0.2, 0.25) is 0 Å². The Morgan fingerprint density at radius 3 is 2.28 bits per heavy atom. The van der Waals surface area contributed by atoms with E-state index in [1.807, 2.05) is 0 Å². The number of benzene rings is 2. The van der Waals surface area contributed by atoms with Crippen molar-refractivity contribution < 1.29 is 27.5 Å². The topological polar surface area (TPSA) is 114 Å². The summed E-state index contributed by atoms with van der Waals surface area (Å²) in [5.74, 6) is 0.249. The van der Waals surface area contributed by atoms with E-state index in [0.29, 0.717) is 28.3 Å². The SMILES string of the molecule is COc1ccc(CC(=O)N[C@@H](C)C(=O)Nc2cc(S(=O)(=O)N(C)C)ccc2C)cc1OC. The van der Waals surface area contributed by atoms with Crippen molar-refractivity contribution in [3.8, 4) is 11.5 Å². The minimum Gasteiger partial charge on any atom is -0.493 e. The van der Waals surface area contributed by atoms with Crippen molar-refractivity contribution in [2.45, 2.75) is 31.2 Å². The van der Waals surface area contributed by atoms with Crippen molar-refractivity contribution >= 4 is 27.5 Å². The molecular weight excluding hydrogens is 434 g/mol. The molecule has 2 aromatic rings. The maximum Gasteiger partial charge on any atom is 0.246 e. The van der Waals surface area contributed by atoms with E-state index in [0.717, 1.165) is 4.31 Å². The molecule has 0 aliphatic heterocycles. The summed E-state index contributed by atoms with van der Waals surface area (Å²) in [5, 5.41) is 5.34. The van der Waals surface area contributed by atoms with Crippen molar-refractivity contribution in [3.05, 3.63) is 47.5 Å². The molecule has 2 N–H and O–H groups in total. The van der Waals surface area contributed by atoms with E-state index in [2.05, 4.69) is 10.6 Å². The second-order valence-electron chi connectivity index (χ2n) is 7.41. The summed E-state index contributed by atoms with van der Waals surface area (Å²) in [4.78, 5) is 25.1. The summed E-state index contributed by atoms with van der Waals surface area (Å²) in [6.45, 7) is 3.31. The summed E-state index contributed by atoms with van der Waals surface area (Å²) < 4.78 is 36.2. The van der Waals surface area contributed by atoms with Crippen LogP contribution in [0.15, 0.2) is 41.3 Å². The first-order chi connectivity index (χ1) is 15.0. The predicted molar refractivity (Wildman–Crippen MR) is 122 cm³/mol. The van der Waals surface area contributed by atoms with Crippen molar-refractivity contribution in [1.29, 1.82) is 0 Å². The number of amides is 2. The second kappa shape index (κ2) is 10.5. The first-order valence-electron chi connectivity index (χ1n) is 9.84. The van der Waals surface area contributed by atoms with E-state index in [-0.39, 0.29) is 17.2 Å². The predicted octanol–water partition coefficient (Wildman–Crippen LogP) is 1.95. The molecule has 0 aliphatic carbocycles. The van der Waals surface area contributed by atoms with Gasteiger partial charge in [-0.1, -0.05) is 12.1 Å². The summed E-state index contributed by atoms with van der Waals surface area (Å²) in [5.41, 5.74) is 1.75. The van der Waals surface area contributed by atoms with Gasteiger partial charge in [0.15, 0.2) is 11.5 Å². The van der Waals surface area contributed by atoms with Gasteiger partial charge in [0.05, 0.1) is 25.5 Å². The normalized spacial score (nSPS) is 12.2. The van der Waals surface area contributed by atoms with E-state index in [9.17, 15) is 18.0 Å².